The molecule has 0 aliphatic carbocycles. The molecule has 6 heteroatoms. The largest absolute Gasteiger partial charge is 0.389 e. The van der Waals surface area contributed by atoms with Gasteiger partial charge in [-0.05, 0) is 24.3 Å². The molecule has 0 unspecified atom stereocenters. The molecule has 0 radical (unpaired) electrons. The molecule has 0 aromatic heterocycles. The number of para-hydroxylation sites is 1. The van der Waals surface area contributed by atoms with Gasteiger partial charge in [0.25, 0.3) is 0 Å². The predicted molar refractivity (Wildman–Crippen MR) is 77.0 cm³/mol. The van der Waals surface area contributed by atoms with E-state index in [0.717, 1.165) is 12.1 Å². The second kappa shape index (κ2) is 5.50. The van der Waals surface area contributed by atoms with Gasteiger partial charge in [-0.3, -0.25) is 0 Å². The Morgan fingerprint density at radius 1 is 1.16 bits per heavy atom. The van der Waals surface area contributed by atoms with Crippen molar-refractivity contribution in [3.8, 4) is 0 Å². The van der Waals surface area contributed by atoms with Gasteiger partial charge in [0.1, 0.15) is 22.3 Å². The molecule has 0 aliphatic heterocycles. The number of hydrogen-bond acceptors (Lipinski definition) is 2. The molecule has 0 aliphatic rings. The summed E-state index contributed by atoms with van der Waals surface area (Å²) in [6.07, 6.45) is 0. The van der Waals surface area contributed by atoms with Crippen LogP contribution >= 0.6 is 23.8 Å². The zero-order valence-electron chi connectivity index (χ0n) is 9.58. The summed E-state index contributed by atoms with van der Waals surface area (Å²) in [5.74, 6) is -1.58. The fourth-order valence-corrected chi connectivity index (χ4v) is 1.83. The zero-order valence-corrected chi connectivity index (χ0v) is 11.2. The first-order chi connectivity index (χ1) is 8.99. The Bertz CT molecular complexity index is 623. The monoisotopic (exact) mass is 298 g/mol. The average molecular weight is 299 g/mol. The lowest BCUT2D eigenvalue weighted by Gasteiger charge is -2.11. The summed E-state index contributed by atoms with van der Waals surface area (Å²) in [5.41, 5.74) is 5.58. The molecule has 0 saturated carbocycles. The van der Waals surface area contributed by atoms with Gasteiger partial charge in [0.05, 0.1) is 10.7 Å². The van der Waals surface area contributed by atoms with Crippen molar-refractivity contribution in [3.05, 3.63) is 58.6 Å². The molecule has 2 aromatic rings. The molecule has 0 fully saturated rings. The molecule has 2 nitrogen and oxygen atoms in total. The summed E-state index contributed by atoms with van der Waals surface area (Å²) in [6, 6.07) is 8.80. The molecule has 2 aromatic carbocycles. The molecule has 2 rings (SSSR count). The van der Waals surface area contributed by atoms with Gasteiger partial charge in [0, 0.05) is 5.56 Å². The van der Waals surface area contributed by atoms with Gasteiger partial charge in [-0.1, -0.05) is 36.0 Å². The summed E-state index contributed by atoms with van der Waals surface area (Å²) >= 11 is 10.6. The van der Waals surface area contributed by atoms with E-state index in [1.165, 1.54) is 0 Å². The first kappa shape index (κ1) is 13.7. The highest BCUT2D eigenvalue weighted by molar-refractivity contribution is 7.80. The van der Waals surface area contributed by atoms with Crippen molar-refractivity contribution in [2.45, 2.75) is 0 Å². The first-order valence-corrected chi connectivity index (χ1v) is 6.08. The van der Waals surface area contributed by atoms with Crippen molar-refractivity contribution in [2.75, 3.05) is 5.32 Å². The quantitative estimate of drug-likeness (QED) is 0.841. The van der Waals surface area contributed by atoms with E-state index in [2.05, 4.69) is 17.5 Å². The van der Waals surface area contributed by atoms with Crippen LogP contribution in [-0.4, -0.2) is 4.99 Å². The summed E-state index contributed by atoms with van der Waals surface area (Å²) < 4.78 is 27.7. The Kier molecular flexibility index (Phi) is 3.97. The molecule has 98 valence electrons. The Balaban J connectivity index is 2.42. The van der Waals surface area contributed by atoms with Gasteiger partial charge in [0.2, 0.25) is 0 Å². The summed E-state index contributed by atoms with van der Waals surface area (Å²) in [5, 5.41) is 2.97. The number of hydrogen-bond donors (Lipinski definition) is 2. The summed E-state index contributed by atoms with van der Waals surface area (Å²) in [4.78, 5) is -0.0675. The van der Waals surface area contributed by atoms with Crippen molar-refractivity contribution in [1.82, 2.24) is 0 Å². The highest BCUT2D eigenvalue weighted by Gasteiger charge is 2.13. The number of nitrogens with two attached hydrogens (primary N) is 1. The van der Waals surface area contributed by atoms with Gasteiger partial charge in [-0.25, -0.2) is 8.78 Å². The lowest BCUT2D eigenvalue weighted by molar-refractivity contribution is 0.590. The van der Waals surface area contributed by atoms with Crippen LogP contribution < -0.4 is 11.1 Å². The van der Waals surface area contributed by atoms with E-state index >= 15 is 0 Å². The van der Waals surface area contributed by atoms with Gasteiger partial charge in [-0.2, -0.15) is 0 Å². The van der Waals surface area contributed by atoms with Gasteiger partial charge in [0.15, 0.2) is 0 Å². The van der Waals surface area contributed by atoms with E-state index in [9.17, 15) is 8.78 Å². The summed E-state index contributed by atoms with van der Waals surface area (Å²) in [7, 11) is 0. The summed E-state index contributed by atoms with van der Waals surface area (Å²) in [6.45, 7) is 0. The van der Waals surface area contributed by atoms with E-state index in [1.54, 1.807) is 24.3 Å². The highest BCUT2D eigenvalue weighted by Crippen LogP contribution is 2.28. The number of rotatable bonds is 3. The van der Waals surface area contributed by atoms with Crippen LogP contribution in [0.15, 0.2) is 36.4 Å². The van der Waals surface area contributed by atoms with Crippen LogP contribution in [0, 0.1) is 11.6 Å². The van der Waals surface area contributed by atoms with Crippen LogP contribution in [0.3, 0.4) is 0 Å². The van der Waals surface area contributed by atoms with E-state index in [-0.39, 0.29) is 16.2 Å². The van der Waals surface area contributed by atoms with Gasteiger partial charge in [-0.15, -0.1) is 0 Å². The minimum absolute atomic E-state index is 0.0675. The lowest BCUT2D eigenvalue weighted by atomic mass is 10.1. The number of halogens is 3. The van der Waals surface area contributed by atoms with Gasteiger partial charge < -0.3 is 11.1 Å². The molecular formula is C13H9ClF2N2S. The van der Waals surface area contributed by atoms with E-state index in [0.29, 0.717) is 10.7 Å². The van der Waals surface area contributed by atoms with Crippen molar-refractivity contribution < 1.29 is 8.78 Å². The predicted octanol–water partition coefficient (Wildman–Crippen LogP) is 4.00. The maximum absolute atomic E-state index is 13.8. The second-order valence-electron chi connectivity index (χ2n) is 3.78. The Labute approximate surface area is 119 Å². The van der Waals surface area contributed by atoms with Crippen LogP contribution in [0.1, 0.15) is 5.56 Å². The molecule has 19 heavy (non-hydrogen) atoms. The van der Waals surface area contributed by atoms with Crippen LogP contribution in [0.4, 0.5) is 20.2 Å². The number of anilines is 2. The van der Waals surface area contributed by atoms with E-state index in [4.69, 9.17) is 17.3 Å². The van der Waals surface area contributed by atoms with Crippen molar-refractivity contribution in [2.24, 2.45) is 5.73 Å². The molecular weight excluding hydrogens is 290 g/mol. The first-order valence-electron chi connectivity index (χ1n) is 5.29. The normalized spacial score (nSPS) is 10.3. The zero-order chi connectivity index (χ0) is 14.0. The van der Waals surface area contributed by atoms with E-state index in [1.807, 2.05) is 0 Å². The van der Waals surface area contributed by atoms with E-state index < -0.39 is 11.6 Å². The molecule has 0 bridgehead atoms. The van der Waals surface area contributed by atoms with Crippen molar-refractivity contribution >= 4 is 40.2 Å². The van der Waals surface area contributed by atoms with Crippen LogP contribution in [0.2, 0.25) is 5.02 Å². The number of thiocarbonyl (C=S) groups is 1. The fourth-order valence-electron chi connectivity index (χ4n) is 1.53. The lowest BCUT2D eigenvalue weighted by Crippen LogP contribution is -2.11. The molecule has 3 N–H and O–H groups in total. The van der Waals surface area contributed by atoms with Crippen molar-refractivity contribution in [1.29, 1.82) is 0 Å². The number of nitrogens with one attached hydrogen (secondary N) is 1. The van der Waals surface area contributed by atoms with Crippen LogP contribution in [-0.2, 0) is 0 Å². The molecule has 0 saturated heterocycles. The Hall–Kier alpha value is -1.72. The van der Waals surface area contributed by atoms with Crippen LogP contribution in [0.25, 0.3) is 0 Å². The third kappa shape index (κ3) is 3.00. The smallest absolute Gasteiger partial charge is 0.150 e. The maximum atomic E-state index is 13.8. The SMILES string of the molecule is NC(=S)c1cc(F)c(Nc2ccccc2Cl)c(F)c1. The number of benzene rings is 2. The minimum atomic E-state index is -0.789. The fraction of sp³-hybridized carbons (Fsp3) is 0. The molecule has 0 spiro atoms. The molecule has 0 atom stereocenters. The second-order valence-corrected chi connectivity index (χ2v) is 4.63. The molecule has 0 heterocycles. The third-order valence-corrected chi connectivity index (χ3v) is 3.03. The van der Waals surface area contributed by atoms with Crippen LogP contribution in [0.5, 0.6) is 0 Å². The average Bonchev–Trinajstić information content (AvgIpc) is 2.35. The third-order valence-electron chi connectivity index (χ3n) is 2.46. The van der Waals surface area contributed by atoms with Crippen molar-refractivity contribution in [3.63, 3.8) is 0 Å². The highest BCUT2D eigenvalue weighted by atomic mass is 35.5. The topological polar surface area (TPSA) is 38.0 Å². The Morgan fingerprint density at radius 3 is 2.26 bits per heavy atom. The maximum Gasteiger partial charge on any atom is 0.150 e. The molecule has 0 amide bonds. The Morgan fingerprint density at radius 2 is 1.74 bits per heavy atom. The van der Waals surface area contributed by atoms with Gasteiger partial charge >= 0.3 is 0 Å². The minimum Gasteiger partial charge on any atom is -0.389 e. The standard InChI is InChI=1S/C13H9ClF2N2S/c14-8-3-1-2-4-11(8)18-12-9(15)5-7(13(17)19)6-10(12)16/h1-6,18H,(H2,17,19).